The zero-order chi connectivity index (χ0) is 14.8. The molecule has 0 unspecified atom stereocenters. The first kappa shape index (κ1) is 13.0. The molecule has 0 aliphatic heterocycles. The molecule has 1 aromatic heterocycles. The molecule has 3 aromatic rings. The van der Waals surface area contributed by atoms with Gasteiger partial charge in [-0.05, 0) is 23.8 Å². The van der Waals surface area contributed by atoms with Crippen molar-refractivity contribution >= 4 is 5.69 Å². The van der Waals surface area contributed by atoms with E-state index in [9.17, 15) is 14.5 Å². The molecule has 0 aliphatic carbocycles. The zero-order valence-corrected chi connectivity index (χ0v) is 10.8. The quantitative estimate of drug-likeness (QED) is 0.545. The number of benzene rings is 2. The fraction of sp³-hybridized carbons (Fsp3) is 0. The lowest BCUT2D eigenvalue weighted by Crippen LogP contribution is -1.99. The molecule has 1 heterocycles. The maximum Gasteiger partial charge on any atom is 0.294 e. The SMILES string of the molecule is O=[N+]([O-])c1ccccc1-n1cc(-c2cccc(F)c2)cn1. The Hall–Kier alpha value is -3.02. The number of hydrogen-bond donors (Lipinski definition) is 0. The van der Waals surface area contributed by atoms with Gasteiger partial charge in [-0.1, -0.05) is 24.3 Å². The molecule has 2 aromatic carbocycles. The number of nitro groups is 1. The van der Waals surface area contributed by atoms with Gasteiger partial charge in [0.25, 0.3) is 5.69 Å². The number of rotatable bonds is 3. The van der Waals surface area contributed by atoms with Crippen LogP contribution >= 0.6 is 0 Å². The molecule has 0 bridgehead atoms. The largest absolute Gasteiger partial charge is 0.294 e. The Morgan fingerprint density at radius 2 is 1.90 bits per heavy atom. The summed E-state index contributed by atoms with van der Waals surface area (Å²) in [7, 11) is 0. The number of halogens is 1. The third kappa shape index (κ3) is 2.51. The number of aromatic nitrogens is 2. The van der Waals surface area contributed by atoms with Gasteiger partial charge in [-0.15, -0.1) is 0 Å². The van der Waals surface area contributed by atoms with Gasteiger partial charge in [0.05, 0.1) is 11.1 Å². The van der Waals surface area contributed by atoms with Crippen LogP contribution in [0, 0.1) is 15.9 Å². The predicted octanol–water partition coefficient (Wildman–Crippen LogP) is 3.59. The van der Waals surface area contributed by atoms with Gasteiger partial charge >= 0.3 is 0 Å². The summed E-state index contributed by atoms with van der Waals surface area (Å²) in [5.74, 6) is -0.342. The second-order valence-corrected chi connectivity index (χ2v) is 4.43. The lowest BCUT2D eigenvalue weighted by atomic mass is 10.1. The molecule has 0 saturated heterocycles. The molecule has 104 valence electrons. The maximum atomic E-state index is 13.2. The summed E-state index contributed by atoms with van der Waals surface area (Å²) in [5.41, 5.74) is 1.68. The van der Waals surface area contributed by atoms with Crippen molar-refractivity contribution in [2.24, 2.45) is 0 Å². The van der Waals surface area contributed by atoms with Crippen LogP contribution in [0.15, 0.2) is 60.9 Å². The van der Waals surface area contributed by atoms with Crippen molar-refractivity contribution in [3.63, 3.8) is 0 Å². The summed E-state index contributed by atoms with van der Waals surface area (Å²) in [6, 6.07) is 12.4. The monoisotopic (exact) mass is 283 g/mol. The van der Waals surface area contributed by atoms with Crippen LogP contribution < -0.4 is 0 Å². The van der Waals surface area contributed by atoms with Crippen LogP contribution in [0.2, 0.25) is 0 Å². The zero-order valence-electron chi connectivity index (χ0n) is 10.8. The van der Waals surface area contributed by atoms with Gasteiger partial charge in [-0.2, -0.15) is 5.10 Å². The molecular weight excluding hydrogens is 273 g/mol. The second-order valence-electron chi connectivity index (χ2n) is 4.43. The Labute approximate surface area is 119 Å². The molecule has 0 amide bonds. The minimum Gasteiger partial charge on any atom is -0.258 e. The normalized spacial score (nSPS) is 10.5. The number of para-hydroxylation sites is 2. The van der Waals surface area contributed by atoms with E-state index in [0.717, 1.165) is 0 Å². The van der Waals surface area contributed by atoms with Crippen LogP contribution in [0.4, 0.5) is 10.1 Å². The molecule has 21 heavy (non-hydrogen) atoms. The van der Waals surface area contributed by atoms with E-state index in [1.165, 1.54) is 22.9 Å². The average molecular weight is 283 g/mol. The average Bonchev–Trinajstić information content (AvgIpc) is 2.97. The van der Waals surface area contributed by atoms with E-state index >= 15 is 0 Å². The standard InChI is InChI=1S/C15H10FN3O2/c16-13-5-3-4-11(8-13)12-9-17-18(10-12)14-6-1-2-7-15(14)19(20)21/h1-10H. The molecule has 0 N–H and O–H groups in total. The molecule has 0 saturated carbocycles. The summed E-state index contributed by atoms with van der Waals surface area (Å²) >= 11 is 0. The van der Waals surface area contributed by atoms with Gasteiger partial charge in [0.15, 0.2) is 0 Å². The molecule has 5 nitrogen and oxygen atoms in total. The number of nitrogens with zero attached hydrogens (tertiary/aromatic N) is 3. The fourth-order valence-corrected chi connectivity index (χ4v) is 2.08. The van der Waals surface area contributed by atoms with Crippen LogP contribution in [-0.2, 0) is 0 Å². The smallest absolute Gasteiger partial charge is 0.258 e. The minimum absolute atomic E-state index is 0.0357. The van der Waals surface area contributed by atoms with Crippen LogP contribution in [0.5, 0.6) is 0 Å². The van der Waals surface area contributed by atoms with Crippen molar-refractivity contribution in [2.75, 3.05) is 0 Å². The lowest BCUT2D eigenvalue weighted by molar-refractivity contribution is -0.384. The Balaban J connectivity index is 2.05. The molecule has 0 aliphatic rings. The molecule has 3 rings (SSSR count). The van der Waals surface area contributed by atoms with Gasteiger partial charge in [-0.25, -0.2) is 9.07 Å². The first-order valence-electron chi connectivity index (χ1n) is 6.19. The predicted molar refractivity (Wildman–Crippen MR) is 75.6 cm³/mol. The minimum atomic E-state index is -0.459. The van der Waals surface area contributed by atoms with Crippen LogP contribution in [0.1, 0.15) is 0 Å². The summed E-state index contributed by atoms with van der Waals surface area (Å²) in [6.07, 6.45) is 3.18. The van der Waals surface area contributed by atoms with Gasteiger partial charge in [-0.3, -0.25) is 10.1 Å². The van der Waals surface area contributed by atoms with Crippen molar-refractivity contribution in [1.82, 2.24) is 9.78 Å². The summed E-state index contributed by atoms with van der Waals surface area (Å²) in [6.45, 7) is 0. The van der Waals surface area contributed by atoms with E-state index < -0.39 is 4.92 Å². The highest BCUT2D eigenvalue weighted by Crippen LogP contribution is 2.25. The van der Waals surface area contributed by atoms with Crippen molar-refractivity contribution in [3.8, 4) is 16.8 Å². The van der Waals surface area contributed by atoms with E-state index in [0.29, 0.717) is 16.8 Å². The van der Waals surface area contributed by atoms with Crippen molar-refractivity contribution in [1.29, 1.82) is 0 Å². The van der Waals surface area contributed by atoms with Gasteiger partial charge in [0.2, 0.25) is 0 Å². The van der Waals surface area contributed by atoms with Crippen molar-refractivity contribution in [3.05, 3.63) is 76.9 Å². The Morgan fingerprint density at radius 3 is 2.67 bits per heavy atom. The van der Waals surface area contributed by atoms with Crippen molar-refractivity contribution in [2.45, 2.75) is 0 Å². The third-order valence-electron chi connectivity index (χ3n) is 3.07. The van der Waals surface area contributed by atoms with E-state index in [4.69, 9.17) is 0 Å². The van der Waals surface area contributed by atoms with E-state index in [1.807, 2.05) is 0 Å². The Bertz CT molecular complexity index is 814. The van der Waals surface area contributed by atoms with Crippen molar-refractivity contribution < 1.29 is 9.31 Å². The fourth-order valence-electron chi connectivity index (χ4n) is 2.08. The van der Waals surface area contributed by atoms with Crippen LogP contribution in [0.25, 0.3) is 16.8 Å². The van der Waals surface area contributed by atoms with Crippen LogP contribution in [-0.4, -0.2) is 14.7 Å². The Kier molecular flexibility index (Phi) is 3.19. The molecular formula is C15H10FN3O2. The van der Waals surface area contributed by atoms with E-state index in [-0.39, 0.29) is 11.5 Å². The molecule has 6 heteroatoms. The lowest BCUT2D eigenvalue weighted by Gasteiger charge is -2.02. The van der Waals surface area contributed by atoms with E-state index in [1.54, 1.807) is 42.7 Å². The van der Waals surface area contributed by atoms with Crippen LogP contribution in [0.3, 0.4) is 0 Å². The summed E-state index contributed by atoms with van der Waals surface area (Å²) in [4.78, 5) is 10.6. The van der Waals surface area contributed by atoms with Gasteiger partial charge in [0.1, 0.15) is 11.5 Å². The summed E-state index contributed by atoms with van der Waals surface area (Å²) < 4.78 is 14.7. The first-order chi connectivity index (χ1) is 10.1. The first-order valence-corrected chi connectivity index (χ1v) is 6.19. The van der Waals surface area contributed by atoms with Gasteiger partial charge in [0, 0.05) is 17.8 Å². The highest BCUT2D eigenvalue weighted by molar-refractivity contribution is 5.63. The molecule has 0 spiro atoms. The number of hydrogen-bond acceptors (Lipinski definition) is 3. The molecule has 0 radical (unpaired) electrons. The Morgan fingerprint density at radius 1 is 1.10 bits per heavy atom. The van der Waals surface area contributed by atoms with Gasteiger partial charge < -0.3 is 0 Å². The van der Waals surface area contributed by atoms with E-state index in [2.05, 4.69) is 5.10 Å². The number of nitro benzene ring substituents is 1. The molecule has 0 fully saturated rings. The highest BCUT2D eigenvalue weighted by Gasteiger charge is 2.15. The second kappa shape index (κ2) is 5.16. The highest BCUT2D eigenvalue weighted by atomic mass is 19.1. The third-order valence-corrected chi connectivity index (χ3v) is 3.07. The topological polar surface area (TPSA) is 61.0 Å². The summed E-state index contributed by atoms with van der Waals surface area (Å²) in [5, 5.41) is 15.2. The molecule has 0 atom stereocenters. The maximum absolute atomic E-state index is 13.2.